The molecule has 1 unspecified atom stereocenters. The normalized spacial score (nSPS) is 16.1. The van der Waals surface area contributed by atoms with Crippen molar-refractivity contribution in [2.75, 3.05) is 19.5 Å². The van der Waals surface area contributed by atoms with Gasteiger partial charge in [0.15, 0.2) is 0 Å². The van der Waals surface area contributed by atoms with Crippen LogP contribution in [-0.4, -0.2) is 31.4 Å². The molecule has 33 heavy (non-hydrogen) atoms. The lowest BCUT2D eigenvalue weighted by Gasteiger charge is -2.31. The van der Waals surface area contributed by atoms with Crippen LogP contribution in [0.2, 0.25) is 0 Å². The average molecular weight is 464 g/mol. The van der Waals surface area contributed by atoms with E-state index in [4.69, 9.17) is 9.47 Å². The minimum absolute atomic E-state index is 0.229. The molecule has 1 atom stereocenters. The lowest BCUT2D eigenvalue weighted by Crippen LogP contribution is -2.33. The van der Waals surface area contributed by atoms with Gasteiger partial charge in [0, 0.05) is 16.3 Å². The molecule has 0 saturated heterocycles. The standard InChI is InChI=1S/C27H29NO4S/c1-5-31-26(29)23-18(3)28-21(17-16-19-12-8-7-9-13-19)25(27(30)32-6-2)24(23)20-14-10-11-15-22(20)33-4/h7-17,24,28H,5-6H2,1-4H3. The molecular formula is C27H29NO4S. The maximum atomic E-state index is 13.3. The van der Waals surface area contributed by atoms with Crippen molar-refractivity contribution >= 4 is 29.8 Å². The smallest absolute Gasteiger partial charge is 0.337 e. The molecule has 0 aliphatic carbocycles. The number of allylic oxidation sites excluding steroid dienone is 2. The van der Waals surface area contributed by atoms with Crippen molar-refractivity contribution in [3.05, 3.63) is 94.3 Å². The summed E-state index contributed by atoms with van der Waals surface area (Å²) in [4.78, 5) is 27.4. The van der Waals surface area contributed by atoms with Gasteiger partial charge < -0.3 is 14.8 Å². The molecular weight excluding hydrogens is 434 g/mol. The molecule has 6 heteroatoms. The third-order valence-corrected chi connectivity index (χ3v) is 6.09. The Hall–Kier alpha value is -3.25. The fraction of sp³-hybridized carbons (Fsp3) is 0.259. The number of thioether (sulfide) groups is 1. The number of esters is 2. The van der Waals surface area contributed by atoms with Crippen molar-refractivity contribution in [2.45, 2.75) is 31.6 Å². The average Bonchev–Trinajstić information content (AvgIpc) is 2.83. The summed E-state index contributed by atoms with van der Waals surface area (Å²) in [7, 11) is 0. The molecule has 0 fully saturated rings. The number of hydrogen-bond donors (Lipinski definition) is 1. The summed E-state index contributed by atoms with van der Waals surface area (Å²) >= 11 is 1.57. The Bertz CT molecular complexity index is 1100. The first-order chi connectivity index (χ1) is 16.0. The molecule has 0 spiro atoms. The molecule has 5 nitrogen and oxygen atoms in total. The van der Waals surface area contributed by atoms with Crippen LogP contribution >= 0.6 is 11.8 Å². The third-order valence-electron chi connectivity index (χ3n) is 5.28. The van der Waals surface area contributed by atoms with E-state index < -0.39 is 17.9 Å². The number of ether oxygens (including phenoxy) is 2. The highest BCUT2D eigenvalue weighted by atomic mass is 32.2. The summed E-state index contributed by atoms with van der Waals surface area (Å²) in [5, 5.41) is 3.27. The first-order valence-corrected chi connectivity index (χ1v) is 12.2. The Labute approximate surface area is 199 Å². The molecule has 1 aliphatic rings. The summed E-state index contributed by atoms with van der Waals surface area (Å²) < 4.78 is 10.9. The van der Waals surface area contributed by atoms with Gasteiger partial charge in [0.25, 0.3) is 0 Å². The van der Waals surface area contributed by atoms with E-state index in [0.717, 1.165) is 16.0 Å². The summed E-state index contributed by atoms with van der Waals surface area (Å²) in [5.41, 5.74) is 3.91. The van der Waals surface area contributed by atoms with Gasteiger partial charge in [-0.3, -0.25) is 0 Å². The predicted molar refractivity (Wildman–Crippen MR) is 133 cm³/mol. The Kier molecular flexibility index (Phi) is 8.55. The SMILES string of the molecule is CCOC(=O)C1=C(C)NC(C=Cc2ccccc2)=C(C(=O)OCC)C1c1ccccc1SC. The second-order valence-corrected chi connectivity index (χ2v) is 8.20. The van der Waals surface area contributed by atoms with E-state index in [-0.39, 0.29) is 13.2 Å². The summed E-state index contributed by atoms with van der Waals surface area (Å²) in [6.45, 7) is 5.84. The van der Waals surface area contributed by atoms with Gasteiger partial charge in [0.1, 0.15) is 0 Å². The Morgan fingerprint density at radius 1 is 0.909 bits per heavy atom. The maximum Gasteiger partial charge on any atom is 0.337 e. The lowest BCUT2D eigenvalue weighted by molar-refractivity contribution is -0.139. The molecule has 1 N–H and O–H groups in total. The lowest BCUT2D eigenvalue weighted by atomic mass is 9.80. The van der Waals surface area contributed by atoms with E-state index in [1.54, 1.807) is 25.6 Å². The quantitative estimate of drug-likeness (QED) is 0.414. The summed E-state index contributed by atoms with van der Waals surface area (Å²) in [6, 6.07) is 17.6. The Morgan fingerprint density at radius 2 is 1.52 bits per heavy atom. The van der Waals surface area contributed by atoms with Crippen LogP contribution in [0.3, 0.4) is 0 Å². The molecule has 2 aromatic carbocycles. The van der Waals surface area contributed by atoms with Crippen LogP contribution in [0.1, 0.15) is 37.8 Å². The van der Waals surface area contributed by atoms with Gasteiger partial charge in [-0.25, -0.2) is 9.59 Å². The van der Waals surface area contributed by atoms with Gasteiger partial charge >= 0.3 is 11.9 Å². The fourth-order valence-electron chi connectivity index (χ4n) is 3.86. The second-order valence-electron chi connectivity index (χ2n) is 7.35. The van der Waals surface area contributed by atoms with E-state index in [9.17, 15) is 9.59 Å². The van der Waals surface area contributed by atoms with Crippen molar-refractivity contribution in [2.24, 2.45) is 0 Å². The Balaban J connectivity index is 2.25. The monoisotopic (exact) mass is 463 g/mol. The molecule has 1 heterocycles. The maximum absolute atomic E-state index is 13.3. The highest BCUT2D eigenvalue weighted by Gasteiger charge is 2.39. The van der Waals surface area contributed by atoms with Crippen molar-refractivity contribution in [1.82, 2.24) is 5.32 Å². The van der Waals surface area contributed by atoms with Gasteiger partial charge in [0.2, 0.25) is 0 Å². The second kappa shape index (κ2) is 11.6. The minimum Gasteiger partial charge on any atom is -0.463 e. The fourth-order valence-corrected chi connectivity index (χ4v) is 4.50. The molecule has 172 valence electrons. The predicted octanol–water partition coefficient (Wildman–Crippen LogP) is 5.46. The van der Waals surface area contributed by atoms with Crippen LogP contribution in [0.5, 0.6) is 0 Å². The number of carbonyl (C=O) groups is 2. The van der Waals surface area contributed by atoms with Crippen molar-refractivity contribution in [3.63, 3.8) is 0 Å². The molecule has 1 aliphatic heterocycles. The van der Waals surface area contributed by atoms with Crippen molar-refractivity contribution < 1.29 is 19.1 Å². The van der Waals surface area contributed by atoms with Crippen LogP contribution in [0, 0.1) is 0 Å². The van der Waals surface area contributed by atoms with E-state index >= 15 is 0 Å². The van der Waals surface area contributed by atoms with E-state index in [1.165, 1.54) is 0 Å². The number of carbonyl (C=O) groups excluding carboxylic acids is 2. The van der Waals surface area contributed by atoms with E-state index in [0.29, 0.717) is 22.5 Å². The van der Waals surface area contributed by atoms with Crippen LogP contribution in [0.4, 0.5) is 0 Å². The molecule has 0 radical (unpaired) electrons. The number of benzene rings is 2. The van der Waals surface area contributed by atoms with Crippen LogP contribution in [0.25, 0.3) is 6.08 Å². The Morgan fingerprint density at radius 3 is 2.15 bits per heavy atom. The molecule has 0 bridgehead atoms. The largest absolute Gasteiger partial charge is 0.463 e. The highest BCUT2D eigenvalue weighted by Crippen LogP contribution is 2.42. The number of nitrogens with one attached hydrogen (secondary N) is 1. The van der Waals surface area contributed by atoms with Gasteiger partial charge in [-0.2, -0.15) is 0 Å². The summed E-state index contributed by atoms with van der Waals surface area (Å²) in [5.74, 6) is -1.53. The van der Waals surface area contributed by atoms with Crippen LogP contribution in [0.15, 0.2) is 88.1 Å². The zero-order chi connectivity index (χ0) is 23.8. The molecule has 3 rings (SSSR count). The number of rotatable bonds is 8. The van der Waals surface area contributed by atoms with Crippen molar-refractivity contribution in [3.8, 4) is 0 Å². The molecule has 0 aromatic heterocycles. The topological polar surface area (TPSA) is 64.6 Å². The van der Waals surface area contributed by atoms with Gasteiger partial charge in [-0.05, 0) is 50.3 Å². The first kappa shape index (κ1) is 24.4. The minimum atomic E-state index is -0.622. The third kappa shape index (κ3) is 5.57. The zero-order valence-corrected chi connectivity index (χ0v) is 20.2. The zero-order valence-electron chi connectivity index (χ0n) is 19.4. The van der Waals surface area contributed by atoms with Gasteiger partial charge in [-0.1, -0.05) is 54.6 Å². The van der Waals surface area contributed by atoms with E-state index in [1.807, 2.05) is 79.9 Å². The van der Waals surface area contributed by atoms with Crippen LogP contribution in [-0.2, 0) is 19.1 Å². The van der Waals surface area contributed by atoms with Gasteiger partial charge in [0.05, 0.1) is 30.3 Å². The van der Waals surface area contributed by atoms with Crippen molar-refractivity contribution in [1.29, 1.82) is 0 Å². The van der Waals surface area contributed by atoms with Crippen LogP contribution < -0.4 is 5.32 Å². The van der Waals surface area contributed by atoms with E-state index in [2.05, 4.69) is 5.32 Å². The highest BCUT2D eigenvalue weighted by molar-refractivity contribution is 7.98. The number of hydrogen-bond acceptors (Lipinski definition) is 6. The molecule has 0 saturated carbocycles. The molecule has 0 amide bonds. The van der Waals surface area contributed by atoms with Gasteiger partial charge in [-0.15, -0.1) is 11.8 Å². The summed E-state index contributed by atoms with van der Waals surface area (Å²) in [6.07, 6.45) is 5.77. The first-order valence-electron chi connectivity index (χ1n) is 10.9. The molecule has 2 aromatic rings. The number of dihydropyridines is 1.